The second kappa shape index (κ2) is 5.30. The molecule has 1 aromatic rings. The molecular formula is C13H15Cl2NO. The minimum absolute atomic E-state index is 0.0891. The maximum atomic E-state index is 9.60. The van der Waals surface area contributed by atoms with E-state index in [0.717, 1.165) is 18.5 Å². The molecule has 0 aliphatic carbocycles. The van der Waals surface area contributed by atoms with E-state index in [0.29, 0.717) is 22.6 Å². The number of rotatable bonds is 3. The molecule has 0 radical (unpaired) electrons. The van der Waals surface area contributed by atoms with Crippen molar-refractivity contribution in [1.82, 2.24) is 4.90 Å². The highest BCUT2D eigenvalue weighted by atomic mass is 35.5. The van der Waals surface area contributed by atoms with Crippen molar-refractivity contribution in [2.24, 2.45) is 0 Å². The van der Waals surface area contributed by atoms with Crippen LogP contribution in [0, 0.1) is 0 Å². The van der Waals surface area contributed by atoms with Crippen molar-refractivity contribution in [2.45, 2.75) is 25.9 Å². The Bertz CT molecular complexity index is 445. The number of halogens is 2. The average molecular weight is 272 g/mol. The summed E-state index contributed by atoms with van der Waals surface area (Å²) in [6.45, 7) is 3.72. The summed E-state index contributed by atoms with van der Waals surface area (Å²) in [6, 6.07) is 3.64. The number of nitrogens with zero attached hydrogens (tertiary/aromatic N) is 1. The minimum atomic E-state index is 0.0891. The van der Waals surface area contributed by atoms with E-state index in [2.05, 4.69) is 24.0 Å². The first-order valence-electron chi connectivity index (χ1n) is 5.70. The number of hydrogen-bond donors (Lipinski definition) is 1. The van der Waals surface area contributed by atoms with Crippen molar-refractivity contribution < 1.29 is 5.11 Å². The van der Waals surface area contributed by atoms with Crippen molar-refractivity contribution >= 4 is 23.2 Å². The third-order valence-electron chi connectivity index (χ3n) is 3.11. The first kappa shape index (κ1) is 12.7. The van der Waals surface area contributed by atoms with Crippen LogP contribution in [0.5, 0.6) is 5.75 Å². The van der Waals surface area contributed by atoms with Gasteiger partial charge < -0.3 is 5.11 Å². The van der Waals surface area contributed by atoms with Crippen molar-refractivity contribution in [3.63, 3.8) is 0 Å². The highest BCUT2D eigenvalue weighted by Gasteiger charge is 2.21. The number of hydrogen-bond acceptors (Lipinski definition) is 2. The van der Waals surface area contributed by atoms with Crippen LogP contribution in [0.4, 0.5) is 0 Å². The van der Waals surface area contributed by atoms with Gasteiger partial charge in [-0.15, -0.1) is 0 Å². The van der Waals surface area contributed by atoms with Crippen molar-refractivity contribution in [3.8, 4) is 5.75 Å². The highest BCUT2D eigenvalue weighted by Crippen LogP contribution is 2.34. The molecule has 0 saturated carbocycles. The van der Waals surface area contributed by atoms with Crippen LogP contribution in [0.15, 0.2) is 24.3 Å². The lowest BCUT2D eigenvalue weighted by molar-refractivity contribution is 0.258. The van der Waals surface area contributed by atoms with Gasteiger partial charge in [-0.2, -0.15) is 0 Å². The Morgan fingerprint density at radius 2 is 2.18 bits per heavy atom. The summed E-state index contributed by atoms with van der Waals surface area (Å²) in [6.07, 6.45) is 5.41. The molecule has 2 rings (SSSR count). The van der Waals surface area contributed by atoms with Crippen LogP contribution in [-0.4, -0.2) is 22.6 Å². The smallest absolute Gasteiger partial charge is 0.134 e. The summed E-state index contributed by atoms with van der Waals surface area (Å²) < 4.78 is 0. The van der Waals surface area contributed by atoms with Crippen LogP contribution >= 0.6 is 23.2 Å². The van der Waals surface area contributed by atoms with Crippen LogP contribution in [0.3, 0.4) is 0 Å². The molecule has 0 saturated heterocycles. The van der Waals surface area contributed by atoms with Gasteiger partial charge in [0.1, 0.15) is 5.75 Å². The number of benzene rings is 1. The van der Waals surface area contributed by atoms with Crippen molar-refractivity contribution in [1.29, 1.82) is 0 Å². The van der Waals surface area contributed by atoms with E-state index >= 15 is 0 Å². The second-order valence-electron chi connectivity index (χ2n) is 4.19. The normalized spacial score (nSPS) is 20.1. The van der Waals surface area contributed by atoms with Gasteiger partial charge in [0.25, 0.3) is 0 Å². The van der Waals surface area contributed by atoms with Gasteiger partial charge in [-0.1, -0.05) is 42.3 Å². The van der Waals surface area contributed by atoms with Gasteiger partial charge in [-0.25, -0.2) is 0 Å². The van der Waals surface area contributed by atoms with Crippen LogP contribution < -0.4 is 0 Å². The Morgan fingerprint density at radius 3 is 2.88 bits per heavy atom. The van der Waals surface area contributed by atoms with Gasteiger partial charge in [0.05, 0.1) is 5.02 Å². The SMILES string of the molecule is CCC1C=CCN1Cc1c(Cl)ccc(O)c1Cl. The largest absolute Gasteiger partial charge is 0.506 e. The van der Waals surface area contributed by atoms with Gasteiger partial charge >= 0.3 is 0 Å². The Kier molecular flexibility index (Phi) is 3.97. The highest BCUT2D eigenvalue weighted by molar-refractivity contribution is 6.36. The predicted octanol–water partition coefficient (Wildman–Crippen LogP) is 3.85. The lowest BCUT2D eigenvalue weighted by atomic mass is 10.1. The molecule has 4 heteroatoms. The molecular weight excluding hydrogens is 257 g/mol. The predicted molar refractivity (Wildman–Crippen MR) is 71.8 cm³/mol. The summed E-state index contributed by atoms with van der Waals surface area (Å²) in [4.78, 5) is 2.28. The van der Waals surface area contributed by atoms with E-state index in [1.807, 2.05) is 0 Å². The van der Waals surface area contributed by atoms with E-state index in [9.17, 15) is 5.11 Å². The Balaban J connectivity index is 2.22. The first-order chi connectivity index (χ1) is 8.13. The molecule has 1 unspecified atom stereocenters. The Morgan fingerprint density at radius 1 is 1.41 bits per heavy atom. The van der Waals surface area contributed by atoms with E-state index in [1.54, 1.807) is 6.07 Å². The quantitative estimate of drug-likeness (QED) is 0.845. The van der Waals surface area contributed by atoms with Gasteiger partial charge in [0.15, 0.2) is 0 Å². The number of phenolic OH excluding ortho intramolecular Hbond substituents is 1. The average Bonchev–Trinajstić information content (AvgIpc) is 2.77. The summed E-state index contributed by atoms with van der Waals surface area (Å²) in [5, 5.41) is 10.6. The standard InChI is InChI=1S/C13H15Cl2NO/c1-2-9-4-3-7-16(9)8-10-11(14)5-6-12(17)13(10)15/h3-6,9,17H,2,7-8H2,1H3. The Hall–Kier alpha value is -0.700. The molecule has 1 heterocycles. The van der Waals surface area contributed by atoms with Crippen LogP contribution in [-0.2, 0) is 6.54 Å². The summed E-state index contributed by atoms with van der Waals surface area (Å²) in [7, 11) is 0. The zero-order chi connectivity index (χ0) is 12.4. The van der Waals surface area contributed by atoms with Crippen molar-refractivity contribution in [2.75, 3.05) is 6.54 Å². The fraction of sp³-hybridized carbons (Fsp3) is 0.385. The van der Waals surface area contributed by atoms with Gasteiger partial charge in [0.2, 0.25) is 0 Å². The fourth-order valence-corrected chi connectivity index (χ4v) is 2.61. The van der Waals surface area contributed by atoms with Crippen LogP contribution in [0.25, 0.3) is 0 Å². The van der Waals surface area contributed by atoms with Crippen molar-refractivity contribution in [3.05, 3.63) is 39.9 Å². The lowest BCUT2D eigenvalue weighted by Gasteiger charge is -2.24. The van der Waals surface area contributed by atoms with Crippen LogP contribution in [0.2, 0.25) is 10.0 Å². The first-order valence-corrected chi connectivity index (χ1v) is 6.45. The maximum Gasteiger partial charge on any atom is 0.134 e. The zero-order valence-electron chi connectivity index (χ0n) is 9.66. The summed E-state index contributed by atoms with van der Waals surface area (Å²) in [5.41, 5.74) is 0.801. The lowest BCUT2D eigenvalue weighted by Crippen LogP contribution is -2.29. The van der Waals surface area contributed by atoms with Gasteiger partial charge in [-0.3, -0.25) is 4.90 Å². The second-order valence-corrected chi connectivity index (χ2v) is 4.98. The van der Waals surface area contributed by atoms with Gasteiger partial charge in [0, 0.05) is 29.7 Å². The molecule has 1 aliphatic rings. The minimum Gasteiger partial charge on any atom is -0.506 e. The third kappa shape index (κ3) is 2.59. The molecule has 1 aromatic carbocycles. The molecule has 1 N–H and O–H groups in total. The monoisotopic (exact) mass is 271 g/mol. The van der Waals surface area contributed by atoms with E-state index in [4.69, 9.17) is 23.2 Å². The molecule has 17 heavy (non-hydrogen) atoms. The number of aromatic hydroxyl groups is 1. The van der Waals surface area contributed by atoms with E-state index < -0.39 is 0 Å². The maximum absolute atomic E-state index is 9.60. The summed E-state index contributed by atoms with van der Waals surface area (Å²) in [5.74, 6) is 0.0891. The van der Waals surface area contributed by atoms with E-state index in [1.165, 1.54) is 6.07 Å². The van der Waals surface area contributed by atoms with Gasteiger partial charge in [-0.05, 0) is 18.6 Å². The summed E-state index contributed by atoms with van der Waals surface area (Å²) >= 11 is 12.2. The van der Waals surface area contributed by atoms with E-state index in [-0.39, 0.29) is 5.75 Å². The third-order valence-corrected chi connectivity index (χ3v) is 3.89. The molecule has 92 valence electrons. The topological polar surface area (TPSA) is 23.5 Å². The van der Waals surface area contributed by atoms with Crippen LogP contribution in [0.1, 0.15) is 18.9 Å². The fourth-order valence-electron chi connectivity index (χ4n) is 2.12. The molecule has 0 amide bonds. The molecule has 1 atom stereocenters. The zero-order valence-corrected chi connectivity index (χ0v) is 11.2. The molecule has 1 aliphatic heterocycles. The Labute approximate surface area is 111 Å². The molecule has 0 spiro atoms. The molecule has 0 aromatic heterocycles. The molecule has 0 fully saturated rings. The molecule has 2 nitrogen and oxygen atoms in total. The molecule has 0 bridgehead atoms. The number of phenols is 1.